The Hall–Kier alpha value is -5.20. The van der Waals surface area contributed by atoms with Crippen molar-refractivity contribution in [3.63, 3.8) is 0 Å². The molecule has 0 unspecified atom stereocenters. The van der Waals surface area contributed by atoms with E-state index in [1.807, 2.05) is 29.0 Å². The highest BCUT2D eigenvalue weighted by Gasteiger charge is 2.38. The van der Waals surface area contributed by atoms with Crippen LogP contribution in [0.1, 0.15) is 53.4 Å². The minimum atomic E-state index is -5.19. The molecule has 4 aromatic rings. The number of halogens is 3. The molecule has 24 nitrogen and oxygen atoms in total. The fourth-order valence-corrected chi connectivity index (χ4v) is 7.43. The number of amides is 2. The van der Waals surface area contributed by atoms with Gasteiger partial charge in [0.2, 0.25) is 0 Å². The zero-order valence-corrected chi connectivity index (χ0v) is 35.2. The number of hydrogen-bond acceptors (Lipinski definition) is 19. The van der Waals surface area contributed by atoms with E-state index in [-0.39, 0.29) is 37.1 Å². The van der Waals surface area contributed by atoms with Crippen LogP contribution in [0.25, 0.3) is 22.2 Å². The Balaban J connectivity index is 0.00000122. The van der Waals surface area contributed by atoms with E-state index in [0.717, 1.165) is 16.9 Å². The quantitative estimate of drug-likeness (QED) is 0.0390. The van der Waals surface area contributed by atoms with Gasteiger partial charge >= 0.3 is 6.18 Å². The van der Waals surface area contributed by atoms with Crippen molar-refractivity contribution in [2.45, 2.75) is 107 Å². The highest BCUT2D eigenvalue weighted by molar-refractivity contribution is 5.98. The van der Waals surface area contributed by atoms with Gasteiger partial charge < -0.3 is 76.9 Å². The zero-order chi connectivity index (χ0) is 48.5. The van der Waals surface area contributed by atoms with Crippen LogP contribution in [0, 0.1) is 0 Å². The van der Waals surface area contributed by atoms with Crippen molar-refractivity contribution >= 4 is 45.8 Å². The van der Waals surface area contributed by atoms with Crippen LogP contribution < -0.4 is 20.7 Å². The summed E-state index contributed by atoms with van der Waals surface area (Å²) in [5.74, 6) is -3.07. The second kappa shape index (κ2) is 22.8. The third-order valence-corrected chi connectivity index (χ3v) is 11.0. The predicted octanol–water partition coefficient (Wildman–Crippen LogP) is -5.78. The summed E-state index contributed by atoms with van der Waals surface area (Å²) >= 11 is 0. The molecule has 1 aliphatic heterocycles. The molecule has 8 atom stereocenters. The fraction of sp³-hybridized carbons (Fsp3) is 0.605. The molecule has 5 rings (SSSR count). The van der Waals surface area contributed by atoms with Gasteiger partial charge in [0, 0.05) is 43.9 Å². The van der Waals surface area contributed by atoms with Gasteiger partial charge in [-0.2, -0.15) is 18.3 Å². The van der Waals surface area contributed by atoms with E-state index >= 15 is 0 Å². The standard InChI is InChI=1S/C36H54N10O12.C2HF3O2/c1-3-45-21-6-5-18(11-22(21)46(4-2)27(45)13-38-35(57)28-33(37)41-34-20(40-28)12-39-42-34)36(58)43-9-7-19(8-10-43)44(14-23(49)29(53)31(55)25(51)16-47)15-24(50)30(54)32(56)26(52)17-48;3-2(4,5)1(6)7/h5-6,11-12,19,23-26,29-32,47-56H,3-4,7-10,13-17H2,1-2H3,(H3-,37,38,39,40,41,42,57);(H,6,7)/t23-,24-,25+,26+,29+,30+,31+,32+;/m0./s1. The number of imidazole rings is 1. The van der Waals surface area contributed by atoms with Gasteiger partial charge in [0.15, 0.2) is 28.2 Å². The number of anilines is 1. The lowest BCUT2D eigenvalue weighted by Gasteiger charge is -2.41. The molecule has 3 aromatic heterocycles. The average Bonchev–Trinajstić information content (AvgIpc) is 3.88. The normalized spacial score (nSPS) is 17.5. The van der Waals surface area contributed by atoms with Gasteiger partial charge in [-0.1, -0.05) is 0 Å². The number of nitrogens with zero attached hydrogens (tertiary/aromatic N) is 7. The van der Waals surface area contributed by atoms with E-state index in [1.165, 1.54) is 11.1 Å². The summed E-state index contributed by atoms with van der Waals surface area (Å²) in [6, 6.07) is 4.90. The number of nitrogens with one attached hydrogen (secondary N) is 2. The highest BCUT2D eigenvalue weighted by Crippen LogP contribution is 2.24. The van der Waals surface area contributed by atoms with Crippen molar-refractivity contribution in [3.8, 4) is 0 Å². The Labute approximate surface area is 367 Å². The number of carbonyl (C=O) groups is 3. The zero-order valence-electron chi connectivity index (χ0n) is 35.2. The molecule has 0 bridgehead atoms. The molecule has 1 fully saturated rings. The molecule has 27 heteroatoms. The molecule has 2 amide bonds. The van der Waals surface area contributed by atoms with E-state index in [9.17, 15) is 73.8 Å². The number of aliphatic carboxylic acids is 1. The number of H-pyrrole nitrogens is 1. The molecule has 0 saturated carbocycles. The fourth-order valence-electron chi connectivity index (χ4n) is 7.43. The van der Waals surface area contributed by atoms with E-state index in [2.05, 4.69) is 25.5 Å². The van der Waals surface area contributed by atoms with Crippen LogP contribution in [0.4, 0.5) is 19.0 Å². The Morgan fingerprint density at radius 3 is 1.95 bits per heavy atom. The number of carboxylic acids is 1. The molecule has 1 aliphatic rings. The van der Waals surface area contributed by atoms with Crippen LogP contribution >= 0.6 is 0 Å². The van der Waals surface area contributed by atoms with Gasteiger partial charge in [-0.15, -0.1) is 0 Å². The predicted molar refractivity (Wildman–Crippen MR) is 215 cm³/mol. The summed E-state index contributed by atoms with van der Waals surface area (Å²) in [6.07, 6.45) is -17.7. The number of aliphatic hydroxyl groups excluding tert-OH is 10. The number of aromatic amines is 1. The maximum absolute atomic E-state index is 13.9. The van der Waals surface area contributed by atoms with Crippen molar-refractivity contribution in [1.82, 2.24) is 39.8 Å². The molecule has 65 heavy (non-hydrogen) atoms. The first-order valence-electron chi connectivity index (χ1n) is 20.4. The maximum Gasteiger partial charge on any atom is 0.430 e. The van der Waals surface area contributed by atoms with E-state index < -0.39 is 99.2 Å². The molecular formula is C38H55F3N10O14. The molecule has 0 radical (unpaired) electrons. The lowest BCUT2D eigenvalue weighted by molar-refractivity contribution is -0.676. The lowest BCUT2D eigenvalue weighted by Crippen LogP contribution is -2.56. The van der Waals surface area contributed by atoms with Crippen LogP contribution in [0.2, 0.25) is 0 Å². The monoisotopic (exact) mass is 932 g/mol. The Morgan fingerprint density at radius 2 is 1.46 bits per heavy atom. The summed E-state index contributed by atoms with van der Waals surface area (Å²) in [7, 11) is 0. The molecule has 4 heterocycles. The first-order chi connectivity index (χ1) is 30.6. The number of fused-ring (bicyclic) bond motifs is 2. The van der Waals surface area contributed by atoms with E-state index in [4.69, 9.17) is 15.6 Å². The minimum Gasteiger partial charge on any atom is -0.542 e. The van der Waals surface area contributed by atoms with Crippen LogP contribution in [0.5, 0.6) is 0 Å². The Kier molecular flexibility index (Phi) is 18.4. The van der Waals surface area contributed by atoms with Gasteiger partial charge in [-0.05, 0) is 38.8 Å². The first-order valence-corrected chi connectivity index (χ1v) is 20.4. The van der Waals surface area contributed by atoms with E-state index in [0.29, 0.717) is 42.7 Å². The number of piperidine rings is 1. The van der Waals surface area contributed by atoms with Gasteiger partial charge in [-0.3, -0.25) is 19.6 Å². The minimum absolute atomic E-state index is 0.0354. The molecule has 0 aliphatic carbocycles. The molecule has 1 aromatic carbocycles. The summed E-state index contributed by atoms with van der Waals surface area (Å²) in [5, 5.41) is 119. The number of rotatable bonds is 19. The number of aromatic nitrogens is 6. The molecular weight excluding hydrogens is 877 g/mol. The number of nitrogens with two attached hydrogens (primary N) is 1. The molecule has 362 valence electrons. The van der Waals surface area contributed by atoms with Gasteiger partial charge in [0.1, 0.15) is 54.7 Å². The molecule has 0 spiro atoms. The van der Waals surface area contributed by atoms with Gasteiger partial charge in [-0.25, -0.2) is 19.1 Å². The number of aliphatic hydroxyl groups is 10. The molecule has 1 saturated heterocycles. The summed E-state index contributed by atoms with van der Waals surface area (Å²) in [5.41, 5.74) is 8.74. The third kappa shape index (κ3) is 12.6. The van der Waals surface area contributed by atoms with Crippen molar-refractivity contribution in [2.75, 3.05) is 45.1 Å². The van der Waals surface area contributed by atoms with E-state index in [1.54, 1.807) is 17.0 Å². The van der Waals surface area contributed by atoms with Crippen molar-refractivity contribution < 1.29 is 88.3 Å². The van der Waals surface area contributed by atoms with Crippen LogP contribution in [0.3, 0.4) is 0 Å². The highest BCUT2D eigenvalue weighted by atomic mass is 19.4. The number of alkyl halides is 3. The number of benzene rings is 1. The second-order valence-electron chi connectivity index (χ2n) is 15.2. The lowest BCUT2D eigenvalue weighted by atomic mass is 9.97. The SMILES string of the molecule is CCn1c(CNC(=O)c2nc3cn[nH]c3nc2N)[n+](CC)c2ccc(C(=O)N3CCC(N(C[C@H](O)[C@@H](O)[C@H](O)[C@H](O)CO)C[C@H](O)[C@@H](O)[C@H](O)[C@H](O)CO)CC3)cc21.O=C([O-])C(F)(F)F. The summed E-state index contributed by atoms with van der Waals surface area (Å²) in [6.45, 7) is 2.99. The summed E-state index contributed by atoms with van der Waals surface area (Å²) < 4.78 is 35.6. The smallest absolute Gasteiger partial charge is 0.430 e. The van der Waals surface area contributed by atoms with Crippen molar-refractivity contribution in [1.29, 1.82) is 0 Å². The van der Waals surface area contributed by atoms with Crippen molar-refractivity contribution in [3.05, 3.63) is 41.5 Å². The number of likely N-dealkylation sites (tertiary alicyclic amines) is 1. The van der Waals surface area contributed by atoms with Gasteiger partial charge in [0.05, 0.1) is 44.7 Å². The largest absolute Gasteiger partial charge is 0.542 e. The van der Waals surface area contributed by atoms with Gasteiger partial charge in [0.25, 0.3) is 17.6 Å². The Bertz CT molecular complexity index is 2190. The Morgan fingerprint density at radius 1 is 0.923 bits per heavy atom. The van der Waals surface area contributed by atoms with Crippen molar-refractivity contribution in [2.24, 2.45) is 0 Å². The number of carboxylic acid groups (broad SMARTS) is 1. The van der Waals surface area contributed by atoms with Crippen LogP contribution in [0.15, 0.2) is 24.4 Å². The molecule has 14 N–H and O–H groups in total. The van der Waals surface area contributed by atoms with Crippen LogP contribution in [-0.2, 0) is 24.4 Å². The van der Waals surface area contributed by atoms with Crippen LogP contribution in [-0.4, -0.2) is 204 Å². The number of aryl methyl sites for hydroxylation is 2. The number of hydrogen-bond donors (Lipinski definition) is 13. The number of nitrogen functional groups attached to an aromatic ring is 1. The maximum atomic E-state index is 13.9. The first kappa shape index (κ1) is 52.4. The topological polar surface area (TPSA) is 384 Å². The summed E-state index contributed by atoms with van der Waals surface area (Å²) in [4.78, 5) is 47.5. The third-order valence-electron chi connectivity index (χ3n) is 11.0. The average molecular weight is 933 g/mol. The second-order valence-corrected chi connectivity index (χ2v) is 15.2. The number of carbonyl (C=O) groups excluding carboxylic acids is 3.